The van der Waals surface area contributed by atoms with E-state index in [2.05, 4.69) is 34.6 Å². The number of hydrogen-bond acceptors (Lipinski definition) is 2. The maximum absolute atomic E-state index is 12.4. The van der Waals surface area contributed by atoms with E-state index in [4.69, 9.17) is 0 Å². The van der Waals surface area contributed by atoms with Crippen LogP contribution >= 0.6 is 0 Å². The van der Waals surface area contributed by atoms with Gasteiger partial charge in [0.05, 0.1) is 0 Å². The highest BCUT2D eigenvalue weighted by atomic mass is 16.2. The molecule has 2 aromatic rings. The van der Waals surface area contributed by atoms with E-state index in [-0.39, 0.29) is 11.9 Å². The van der Waals surface area contributed by atoms with Crippen molar-refractivity contribution < 1.29 is 9.59 Å². The molecule has 1 aliphatic heterocycles. The van der Waals surface area contributed by atoms with Gasteiger partial charge in [-0.25, -0.2) is 4.79 Å². The average Bonchev–Trinajstić information content (AvgIpc) is 3.13. The maximum Gasteiger partial charge on any atom is 0.317 e. The third-order valence-corrected chi connectivity index (χ3v) is 5.50. The van der Waals surface area contributed by atoms with Crippen LogP contribution in [0.5, 0.6) is 0 Å². The maximum atomic E-state index is 12.4. The molecule has 1 aromatic carbocycles. The minimum atomic E-state index is -0.0579. The Hall–Kier alpha value is -2.50. The van der Waals surface area contributed by atoms with E-state index in [9.17, 15) is 9.59 Å². The molecule has 2 N–H and O–H groups in total. The highest BCUT2D eigenvalue weighted by Gasteiger charge is 2.24. The molecule has 6 nitrogen and oxygen atoms in total. The van der Waals surface area contributed by atoms with Crippen molar-refractivity contribution in [3.8, 4) is 0 Å². The van der Waals surface area contributed by atoms with Crippen molar-refractivity contribution in [1.29, 1.82) is 0 Å². The largest absolute Gasteiger partial charge is 0.358 e. The van der Waals surface area contributed by atoms with Gasteiger partial charge in [0.2, 0.25) is 5.91 Å². The van der Waals surface area contributed by atoms with Crippen molar-refractivity contribution in [2.24, 2.45) is 0 Å². The lowest BCUT2D eigenvalue weighted by Crippen LogP contribution is -2.45. The second-order valence-electron chi connectivity index (χ2n) is 7.12. The SMILES string of the molecule is CCN(CC)C(=O)CCNC(=O)N1CCC(c2cc3ccccc3[nH]2)CC1. The van der Waals surface area contributed by atoms with E-state index in [1.807, 2.05) is 24.8 Å². The molecule has 1 aromatic heterocycles. The number of urea groups is 1. The van der Waals surface area contributed by atoms with Crippen LogP contribution in [0.1, 0.15) is 44.7 Å². The highest BCUT2D eigenvalue weighted by molar-refractivity contribution is 5.80. The van der Waals surface area contributed by atoms with Gasteiger partial charge in [-0.3, -0.25) is 4.79 Å². The zero-order chi connectivity index (χ0) is 19.2. The number of likely N-dealkylation sites (tertiary alicyclic amines) is 1. The summed E-state index contributed by atoms with van der Waals surface area (Å²) in [6.07, 6.45) is 2.27. The van der Waals surface area contributed by atoms with Crippen molar-refractivity contribution in [1.82, 2.24) is 20.1 Å². The standard InChI is InChI=1S/C21H30N4O2/c1-3-24(4-2)20(26)9-12-22-21(27)25-13-10-16(11-14-25)19-15-17-7-5-6-8-18(17)23-19/h5-8,15-16,23H,3-4,9-14H2,1-2H3,(H,22,27). The van der Waals surface area contributed by atoms with Gasteiger partial charge in [-0.05, 0) is 44.2 Å². The van der Waals surface area contributed by atoms with Crippen molar-refractivity contribution in [3.05, 3.63) is 36.0 Å². The lowest BCUT2D eigenvalue weighted by molar-refractivity contribution is -0.130. The number of amides is 3. The van der Waals surface area contributed by atoms with Crippen LogP contribution in [0.4, 0.5) is 4.79 Å². The molecule has 1 aliphatic rings. The van der Waals surface area contributed by atoms with Crippen molar-refractivity contribution >= 4 is 22.8 Å². The van der Waals surface area contributed by atoms with Gasteiger partial charge in [0.25, 0.3) is 0 Å². The lowest BCUT2D eigenvalue weighted by Gasteiger charge is -2.31. The molecule has 0 radical (unpaired) electrons. The second-order valence-corrected chi connectivity index (χ2v) is 7.12. The summed E-state index contributed by atoms with van der Waals surface area (Å²) in [5.41, 5.74) is 2.44. The van der Waals surface area contributed by atoms with Gasteiger partial charge in [-0.15, -0.1) is 0 Å². The topological polar surface area (TPSA) is 68.4 Å². The number of H-pyrrole nitrogens is 1. The number of carbonyl (C=O) groups excluding carboxylic acids is 2. The Kier molecular flexibility index (Phi) is 6.37. The molecule has 2 heterocycles. The second kappa shape index (κ2) is 8.93. The lowest BCUT2D eigenvalue weighted by atomic mass is 9.94. The van der Waals surface area contributed by atoms with Crippen LogP contribution in [0.25, 0.3) is 10.9 Å². The summed E-state index contributed by atoms with van der Waals surface area (Å²) in [6.45, 7) is 7.26. The average molecular weight is 370 g/mol. The Labute approximate surface area is 160 Å². The van der Waals surface area contributed by atoms with E-state index < -0.39 is 0 Å². The zero-order valence-corrected chi connectivity index (χ0v) is 16.3. The summed E-state index contributed by atoms with van der Waals surface area (Å²) in [6, 6.07) is 10.5. The molecule has 6 heteroatoms. The number of aromatic nitrogens is 1. The van der Waals surface area contributed by atoms with E-state index in [1.165, 1.54) is 16.6 Å². The Morgan fingerprint density at radius 1 is 1.19 bits per heavy atom. The number of para-hydroxylation sites is 1. The van der Waals surface area contributed by atoms with E-state index in [1.54, 1.807) is 4.90 Å². The molecule has 1 saturated heterocycles. The van der Waals surface area contributed by atoms with Gasteiger partial charge in [-0.2, -0.15) is 0 Å². The molecule has 0 unspecified atom stereocenters. The Morgan fingerprint density at radius 2 is 1.89 bits per heavy atom. The summed E-state index contributed by atoms with van der Waals surface area (Å²) in [5, 5.41) is 4.14. The summed E-state index contributed by atoms with van der Waals surface area (Å²) in [5.74, 6) is 0.559. The monoisotopic (exact) mass is 370 g/mol. The van der Waals surface area contributed by atoms with Crippen LogP contribution in [-0.2, 0) is 4.79 Å². The van der Waals surface area contributed by atoms with Crippen molar-refractivity contribution in [3.63, 3.8) is 0 Å². The molecular formula is C21H30N4O2. The molecular weight excluding hydrogens is 340 g/mol. The van der Waals surface area contributed by atoms with Crippen LogP contribution in [0.2, 0.25) is 0 Å². The number of piperidine rings is 1. The normalized spacial score (nSPS) is 15.1. The minimum Gasteiger partial charge on any atom is -0.358 e. The van der Waals surface area contributed by atoms with E-state index in [0.717, 1.165) is 25.9 Å². The van der Waals surface area contributed by atoms with Gasteiger partial charge in [-0.1, -0.05) is 18.2 Å². The zero-order valence-electron chi connectivity index (χ0n) is 16.3. The first-order chi connectivity index (χ1) is 13.1. The molecule has 0 saturated carbocycles. The van der Waals surface area contributed by atoms with Crippen LogP contribution in [0.3, 0.4) is 0 Å². The number of nitrogens with zero attached hydrogens (tertiary/aromatic N) is 2. The minimum absolute atomic E-state index is 0.0579. The Bertz CT molecular complexity index is 740. The van der Waals surface area contributed by atoms with Gasteiger partial charge in [0.1, 0.15) is 0 Å². The van der Waals surface area contributed by atoms with Crippen LogP contribution in [0, 0.1) is 0 Å². The smallest absolute Gasteiger partial charge is 0.317 e. The number of carbonyl (C=O) groups is 2. The molecule has 3 rings (SSSR count). The van der Waals surface area contributed by atoms with E-state index in [0.29, 0.717) is 32.0 Å². The van der Waals surface area contributed by atoms with Gasteiger partial charge >= 0.3 is 6.03 Å². The van der Waals surface area contributed by atoms with Crippen molar-refractivity contribution in [2.75, 3.05) is 32.7 Å². The van der Waals surface area contributed by atoms with Gasteiger partial charge in [0.15, 0.2) is 0 Å². The molecule has 0 spiro atoms. The fraction of sp³-hybridized carbons (Fsp3) is 0.524. The fourth-order valence-corrected chi connectivity index (χ4v) is 3.83. The number of fused-ring (bicyclic) bond motifs is 1. The molecule has 27 heavy (non-hydrogen) atoms. The molecule has 146 valence electrons. The summed E-state index contributed by atoms with van der Waals surface area (Å²) in [4.78, 5) is 31.5. The van der Waals surface area contributed by atoms with Crippen molar-refractivity contribution in [2.45, 2.75) is 39.0 Å². The number of rotatable bonds is 6. The summed E-state index contributed by atoms with van der Waals surface area (Å²) in [7, 11) is 0. The number of aromatic amines is 1. The third kappa shape index (κ3) is 4.62. The molecule has 1 fully saturated rings. The fourth-order valence-electron chi connectivity index (χ4n) is 3.83. The van der Waals surface area contributed by atoms with E-state index >= 15 is 0 Å². The first-order valence-corrected chi connectivity index (χ1v) is 10.0. The molecule has 0 bridgehead atoms. The number of hydrogen-bond donors (Lipinski definition) is 2. The Balaban J connectivity index is 1.44. The third-order valence-electron chi connectivity index (χ3n) is 5.50. The van der Waals surface area contributed by atoms with Crippen LogP contribution < -0.4 is 5.32 Å². The molecule has 3 amide bonds. The number of nitrogens with one attached hydrogen (secondary N) is 2. The predicted molar refractivity (Wildman–Crippen MR) is 108 cm³/mol. The predicted octanol–water partition coefficient (Wildman–Crippen LogP) is 3.32. The number of benzene rings is 1. The van der Waals surface area contributed by atoms with Gasteiger partial charge < -0.3 is 20.1 Å². The van der Waals surface area contributed by atoms with Crippen LogP contribution in [-0.4, -0.2) is 59.4 Å². The first-order valence-electron chi connectivity index (χ1n) is 10.0. The summed E-state index contributed by atoms with van der Waals surface area (Å²) >= 11 is 0. The van der Waals surface area contributed by atoms with Crippen LogP contribution in [0.15, 0.2) is 30.3 Å². The summed E-state index contributed by atoms with van der Waals surface area (Å²) < 4.78 is 0. The first kappa shape index (κ1) is 19.3. The van der Waals surface area contributed by atoms with Gasteiger partial charge in [0, 0.05) is 56.3 Å². The Morgan fingerprint density at radius 3 is 2.56 bits per heavy atom. The highest BCUT2D eigenvalue weighted by Crippen LogP contribution is 2.29. The molecule has 0 aliphatic carbocycles. The molecule has 0 atom stereocenters. The quantitative estimate of drug-likeness (QED) is 0.819.